The lowest BCUT2D eigenvalue weighted by molar-refractivity contribution is 0.0673. The minimum Gasteiger partial charge on any atom is -0.337 e. The zero-order chi connectivity index (χ0) is 14.2. The molecule has 0 radical (unpaired) electrons. The first-order valence-electron chi connectivity index (χ1n) is 6.09. The number of carbonyl (C=O) groups excluding carboxylic acids is 1. The van der Waals surface area contributed by atoms with Gasteiger partial charge in [-0.2, -0.15) is 5.10 Å². The lowest BCUT2D eigenvalue weighted by atomic mass is 10.00. The Morgan fingerprint density at radius 1 is 1.53 bits per heavy atom. The highest BCUT2D eigenvalue weighted by Crippen LogP contribution is 2.25. The first kappa shape index (κ1) is 14.3. The lowest BCUT2D eigenvalue weighted by Gasteiger charge is -2.30. The molecule has 1 N–H and O–H groups in total. The van der Waals surface area contributed by atoms with Gasteiger partial charge in [0.1, 0.15) is 4.90 Å². The third kappa shape index (κ3) is 2.92. The Morgan fingerprint density at radius 3 is 2.79 bits per heavy atom. The van der Waals surface area contributed by atoms with Crippen molar-refractivity contribution < 1.29 is 13.2 Å². The fourth-order valence-corrected chi connectivity index (χ4v) is 3.73. The highest BCUT2D eigenvalue weighted by Gasteiger charge is 2.31. The molecule has 106 valence electrons. The molecule has 0 spiro atoms. The highest BCUT2D eigenvalue weighted by atomic mass is 35.7. The molecule has 1 aromatic rings. The normalized spacial score (nSPS) is 20.6. The number of halogens is 1. The Kier molecular flexibility index (Phi) is 3.87. The van der Waals surface area contributed by atoms with Crippen LogP contribution in [0.15, 0.2) is 4.90 Å². The number of nitrogens with one attached hydrogen (secondary N) is 1. The van der Waals surface area contributed by atoms with Crippen LogP contribution >= 0.6 is 10.7 Å². The number of hydrogen-bond donors (Lipinski definition) is 1. The quantitative estimate of drug-likeness (QED) is 0.840. The van der Waals surface area contributed by atoms with E-state index < -0.39 is 9.05 Å². The first-order valence-corrected chi connectivity index (χ1v) is 8.40. The van der Waals surface area contributed by atoms with Gasteiger partial charge in [0.2, 0.25) is 0 Å². The average Bonchev–Trinajstić information content (AvgIpc) is 2.70. The molecule has 8 heteroatoms. The van der Waals surface area contributed by atoms with Crippen LogP contribution in [0.1, 0.15) is 35.9 Å². The molecule has 0 aliphatic carbocycles. The van der Waals surface area contributed by atoms with E-state index in [0.717, 1.165) is 12.8 Å². The fourth-order valence-electron chi connectivity index (χ4n) is 2.39. The number of likely N-dealkylation sites (tertiary alicyclic amines) is 1. The standard InChI is InChI=1S/C11H16ClN3O3S/c1-7-4-3-5-15(6-7)11(16)9-10(19(12,17)18)8(2)13-14-9/h7H,3-6H2,1-2H3,(H,13,14). The second kappa shape index (κ2) is 5.13. The second-order valence-electron chi connectivity index (χ2n) is 4.96. The van der Waals surface area contributed by atoms with Gasteiger partial charge in [-0.25, -0.2) is 8.42 Å². The van der Waals surface area contributed by atoms with Crippen molar-refractivity contribution in [3.8, 4) is 0 Å². The summed E-state index contributed by atoms with van der Waals surface area (Å²) >= 11 is 0. The number of amides is 1. The Morgan fingerprint density at radius 2 is 2.21 bits per heavy atom. The number of hydrogen-bond acceptors (Lipinski definition) is 4. The molecule has 1 amide bonds. The summed E-state index contributed by atoms with van der Waals surface area (Å²) in [6, 6.07) is 0. The van der Waals surface area contributed by atoms with Gasteiger partial charge in [-0.1, -0.05) is 6.92 Å². The summed E-state index contributed by atoms with van der Waals surface area (Å²) in [5.74, 6) is 0.0314. The number of aromatic amines is 1. The van der Waals surface area contributed by atoms with E-state index in [0.29, 0.717) is 19.0 Å². The zero-order valence-corrected chi connectivity index (χ0v) is 12.4. The molecule has 0 aromatic carbocycles. The van der Waals surface area contributed by atoms with Crippen LogP contribution in [0.4, 0.5) is 0 Å². The second-order valence-corrected chi connectivity index (χ2v) is 7.47. The van der Waals surface area contributed by atoms with Gasteiger partial charge in [0.25, 0.3) is 15.0 Å². The maximum absolute atomic E-state index is 12.3. The Hall–Kier alpha value is -1.08. The summed E-state index contributed by atoms with van der Waals surface area (Å²) in [6.07, 6.45) is 1.99. The summed E-state index contributed by atoms with van der Waals surface area (Å²) in [5, 5.41) is 6.32. The molecular weight excluding hydrogens is 290 g/mol. The number of carbonyl (C=O) groups is 1. The predicted molar refractivity (Wildman–Crippen MR) is 70.7 cm³/mol. The number of aromatic nitrogens is 2. The largest absolute Gasteiger partial charge is 0.337 e. The molecule has 1 aliphatic rings. The van der Waals surface area contributed by atoms with Crippen molar-refractivity contribution >= 4 is 25.6 Å². The molecule has 1 saturated heterocycles. The minimum absolute atomic E-state index is 0.110. The molecule has 1 aromatic heterocycles. The Labute approximate surface area is 116 Å². The number of rotatable bonds is 2. The van der Waals surface area contributed by atoms with Gasteiger partial charge in [0.05, 0.1) is 5.69 Å². The summed E-state index contributed by atoms with van der Waals surface area (Å²) < 4.78 is 23.0. The van der Waals surface area contributed by atoms with Crippen LogP contribution < -0.4 is 0 Å². The average molecular weight is 306 g/mol. The summed E-state index contributed by atoms with van der Waals surface area (Å²) in [5.41, 5.74) is 0.171. The smallest absolute Gasteiger partial charge is 0.275 e. The van der Waals surface area contributed by atoms with Crippen molar-refractivity contribution in [1.29, 1.82) is 0 Å². The van der Waals surface area contributed by atoms with Gasteiger partial charge in [-0.3, -0.25) is 9.89 Å². The zero-order valence-electron chi connectivity index (χ0n) is 10.8. The van der Waals surface area contributed by atoms with E-state index in [9.17, 15) is 13.2 Å². The topological polar surface area (TPSA) is 83.1 Å². The third-order valence-corrected chi connectivity index (χ3v) is 4.73. The van der Waals surface area contributed by atoms with Crippen LogP contribution in [0.25, 0.3) is 0 Å². The molecular formula is C11H16ClN3O3S. The molecule has 1 unspecified atom stereocenters. The number of H-pyrrole nitrogens is 1. The Bertz CT molecular complexity index is 596. The van der Waals surface area contributed by atoms with E-state index in [-0.39, 0.29) is 22.2 Å². The summed E-state index contributed by atoms with van der Waals surface area (Å²) in [4.78, 5) is 13.8. The monoisotopic (exact) mass is 305 g/mol. The van der Waals surface area contributed by atoms with Gasteiger partial charge < -0.3 is 4.90 Å². The van der Waals surface area contributed by atoms with E-state index in [1.54, 1.807) is 4.90 Å². The predicted octanol–water partition coefficient (Wildman–Crippen LogP) is 1.52. The van der Waals surface area contributed by atoms with Crippen molar-refractivity contribution in [2.75, 3.05) is 13.1 Å². The van der Waals surface area contributed by atoms with Crippen molar-refractivity contribution in [2.45, 2.75) is 31.6 Å². The maximum atomic E-state index is 12.3. The maximum Gasteiger partial charge on any atom is 0.275 e. The van der Waals surface area contributed by atoms with E-state index >= 15 is 0 Å². The van der Waals surface area contributed by atoms with Crippen molar-refractivity contribution in [2.24, 2.45) is 5.92 Å². The number of nitrogens with zero attached hydrogens (tertiary/aromatic N) is 2. The highest BCUT2D eigenvalue weighted by molar-refractivity contribution is 8.13. The number of piperidine rings is 1. The van der Waals surface area contributed by atoms with Crippen molar-refractivity contribution in [3.63, 3.8) is 0 Å². The van der Waals surface area contributed by atoms with Crippen molar-refractivity contribution in [1.82, 2.24) is 15.1 Å². The van der Waals surface area contributed by atoms with Gasteiger partial charge in [-0.15, -0.1) is 0 Å². The summed E-state index contributed by atoms with van der Waals surface area (Å²) in [7, 11) is 1.38. The van der Waals surface area contributed by atoms with Crippen LogP contribution in [0, 0.1) is 12.8 Å². The van der Waals surface area contributed by atoms with E-state index in [4.69, 9.17) is 10.7 Å². The van der Waals surface area contributed by atoms with Gasteiger partial charge in [-0.05, 0) is 25.7 Å². The molecule has 1 atom stereocenters. The van der Waals surface area contributed by atoms with Gasteiger partial charge >= 0.3 is 0 Å². The minimum atomic E-state index is -3.99. The van der Waals surface area contributed by atoms with Gasteiger partial charge in [0.15, 0.2) is 5.69 Å². The molecule has 2 heterocycles. The van der Waals surface area contributed by atoms with Crippen molar-refractivity contribution in [3.05, 3.63) is 11.4 Å². The number of aryl methyl sites for hydroxylation is 1. The fraction of sp³-hybridized carbons (Fsp3) is 0.636. The van der Waals surface area contributed by atoms with E-state index in [1.165, 1.54) is 6.92 Å². The molecule has 0 bridgehead atoms. The Balaban J connectivity index is 2.35. The molecule has 6 nitrogen and oxygen atoms in total. The molecule has 1 aliphatic heterocycles. The van der Waals surface area contributed by atoms with Crippen LogP contribution in [-0.2, 0) is 9.05 Å². The third-order valence-electron chi connectivity index (χ3n) is 3.28. The van der Waals surface area contributed by atoms with Crippen LogP contribution in [0.5, 0.6) is 0 Å². The first-order chi connectivity index (χ1) is 8.80. The van der Waals surface area contributed by atoms with Crippen LogP contribution in [0.2, 0.25) is 0 Å². The molecule has 19 heavy (non-hydrogen) atoms. The SMILES string of the molecule is Cc1[nH]nc(C(=O)N2CCCC(C)C2)c1S(=O)(=O)Cl. The summed E-state index contributed by atoms with van der Waals surface area (Å²) in [6.45, 7) is 4.83. The lowest BCUT2D eigenvalue weighted by Crippen LogP contribution is -2.39. The molecule has 0 saturated carbocycles. The molecule has 2 rings (SSSR count). The van der Waals surface area contributed by atoms with E-state index in [1.807, 2.05) is 0 Å². The molecule has 1 fully saturated rings. The van der Waals surface area contributed by atoms with Crippen LogP contribution in [0.3, 0.4) is 0 Å². The van der Waals surface area contributed by atoms with Gasteiger partial charge in [0, 0.05) is 23.8 Å². The van der Waals surface area contributed by atoms with Crippen LogP contribution in [-0.4, -0.2) is 42.5 Å². The van der Waals surface area contributed by atoms with E-state index in [2.05, 4.69) is 17.1 Å².